The van der Waals surface area contributed by atoms with Gasteiger partial charge in [-0.25, -0.2) is 4.39 Å². The van der Waals surface area contributed by atoms with Crippen LogP contribution in [0.15, 0.2) is 36.7 Å². The third kappa shape index (κ3) is 1.94. The number of aromatic nitrogens is 1. The van der Waals surface area contributed by atoms with Gasteiger partial charge >= 0.3 is 0 Å². The molecule has 0 spiro atoms. The van der Waals surface area contributed by atoms with Gasteiger partial charge in [0, 0.05) is 23.6 Å². The molecule has 2 rings (SSSR count). The molecule has 0 aliphatic carbocycles. The highest BCUT2D eigenvalue weighted by Crippen LogP contribution is 2.21. The molecule has 1 heterocycles. The Morgan fingerprint density at radius 1 is 1.18 bits per heavy atom. The number of hydrogen-bond donors (Lipinski definition) is 2. The lowest BCUT2D eigenvalue weighted by Crippen LogP contribution is -2.09. The van der Waals surface area contributed by atoms with Gasteiger partial charge in [0.1, 0.15) is 5.82 Å². The summed E-state index contributed by atoms with van der Waals surface area (Å²) in [5.74, 6) is -1.06. The molecule has 0 unspecified atom stereocenters. The van der Waals surface area contributed by atoms with E-state index in [1.54, 1.807) is 0 Å². The Morgan fingerprint density at radius 3 is 2.65 bits per heavy atom. The zero-order valence-corrected chi connectivity index (χ0v) is 8.85. The van der Waals surface area contributed by atoms with E-state index in [0.717, 1.165) is 0 Å². The molecule has 0 fully saturated rings. The van der Waals surface area contributed by atoms with Gasteiger partial charge in [-0.2, -0.15) is 0 Å². The summed E-state index contributed by atoms with van der Waals surface area (Å²) in [6, 6.07) is 5.57. The van der Waals surface area contributed by atoms with E-state index in [1.165, 1.54) is 36.7 Å². The molecule has 0 bridgehead atoms. The molecule has 0 aliphatic heterocycles. The Labute approximate surface area is 97.1 Å². The number of nitrogens with zero attached hydrogens (tertiary/aromatic N) is 1. The molecule has 0 radical (unpaired) electrons. The second-order valence-corrected chi connectivity index (χ2v) is 3.49. The predicted molar refractivity (Wildman–Crippen MR) is 62.9 cm³/mol. The molecule has 0 saturated heterocycles. The fourth-order valence-electron chi connectivity index (χ4n) is 1.48. The molecular weight excluding hydrogens is 221 g/mol. The summed E-state index contributed by atoms with van der Waals surface area (Å²) in [5, 5.41) is 0. The standard InChI is InChI=1S/C12H10FN3O/c13-9-3-1-2-7(11(9)15)12(17)8-6-16-5-4-10(8)14/h1-6H,15H2,(H2,14,16). The van der Waals surface area contributed by atoms with Crippen molar-refractivity contribution >= 4 is 17.2 Å². The zero-order chi connectivity index (χ0) is 12.4. The first-order valence-corrected chi connectivity index (χ1v) is 4.89. The van der Waals surface area contributed by atoms with E-state index in [1.807, 2.05) is 0 Å². The molecule has 0 atom stereocenters. The van der Waals surface area contributed by atoms with Gasteiger partial charge in [-0.05, 0) is 18.2 Å². The maximum absolute atomic E-state index is 13.2. The average Bonchev–Trinajstić information content (AvgIpc) is 2.32. The van der Waals surface area contributed by atoms with Gasteiger partial charge in [-0.1, -0.05) is 6.07 Å². The number of halogens is 1. The van der Waals surface area contributed by atoms with Gasteiger partial charge in [0.25, 0.3) is 0 Å². The third-order valence-electron chi connectivity index (χ3n) is 2.40. The second-order valence-electron chi connectivity index (χ2n) is 3.49. The van der Waals surface area contributed by atoms with Crippen LogP contribution in [0.3, 0.4) is 0 Å². The summed E-state index contributed by atoms with van der Waals surface area (Å²) in [4.78, 5) is 15.9. The van der Waals surface area contributed by atoms with Crippen LogP contribution in [-0.4, -0.2) is 10.8 Å². The fourth-order valence-corrected chi connectivity index (χ4v) is 1.48. The first-order valence-electron chi connectivity index (χ1n) is 4.89. The van der Waals surface area contributed by atoms with Crippen LogP contribution in [0, 0.1) is 5.82 Å². The first-order chi connectivity index (χ1) is 8.11. The molecule has 0 aliphatic rings. The van der Waals surface area contributed by atoms with Gasteiger partial charge in [0.05, 0.1) is 11.3 Å². The molecule has 0 amide bonds. The highest BCUT2D eigenvalue weighted by molar-refractivity contribution is 6.14. The van der Waals surface area contributed by atoms with Gasteiger partial charge < -0.3 is 11.5 Å². The Balaban J connectivity index is 2.52. The van der Waals surface area contributed by atoms with Crippen molar-refractivity contribution < 1.29 is 9.18 Å². The smallest absolute Gasteiger partial charge is 0.198 e. The van der Waals surface area contributed by atoms with E-state index in [-0.39, 0.29) is 22.5 Å². The molecular formula is C12H10FN3O. The van der Waals surface area contributed by atoms with Gasteiger partial charge in [-0.15, -0.1) is 0 Å². The van der Waals surface area contributed by atoms with Crippen LogP contribution in [-0.2, 0) is 0 Å². The molecule has 1 aromatic carbocycles. The highest BCUT2D eigenvalue weighted by Gasteiger charge is 2.16. The lowest BCUT2D eigenvalue weighted by atomic mass is 10.0. The number of carbonyl (C=O) groups is 1. The minimum Gasteiger partial charge on any atom is -0.398 e. The molecule has 0 saturated carbocycles. The van der Waals surface area contributed by atoms with Gasteiger partial charge in [0.2, 0.25) is 0 Å². The summed E-state index contributed by atoms with van der Waals surface area (Å²) in [6.45, 7) is 0. The van der Waals surface area contributed by atoms with Crippen LogP contribution in [0.4, 0.5) is 15.8 Å². The zero-order valence-electron chi connectivity index (χ0n) is 8.85. The molecule has 2 aromatic rings. The van der Waals surface area contributed by atoms with Gasteiger partial charge in [-0.3, -0.25) is 9.78 Å². The molecule has 86 valence electrons. The van der Waals surface area contributed by atoms with E-state index < -0.39 is 11.6 Å². The van der Waals surface area contributed by atoms with Crippen molar-refractivity contribution in [2.45, 2.75) is 0 Å². The minimum atomic E-state index is -0.627. The van der Waals surface area contributed by atoms with Crippen LogP contribution < -0.4 is 11.5 Å². The molecule has 5 heteroatoms. The molecule has 1 aromatic heterocycles. The molecule has 17 heavy (non-hydrogen) atoms. The molecule has 4 N–H and O–H groups in total. The largest absolute Gasteiger partial charge is 0.398 e. The maximum atomic E-state index is 13.2. The van der Waals surface area contributed by atoms with E-state index in [0.29, 0.717) is 0 Å². The molecule has 4 nitrogen and oxygen atoms in total. The second kappa shape index (κ2) is 4.21. The number of anilines is 2. The number of benzene rings is 1. The highest BCUT2D eigenvalue weighted by atomic mass is 19.1. The van der Waals surface area contributed by atoms with Crippen molar-refractivity contribution in [3.63, 3.8) is 0 Å². The Bertz CT molecular complexity index is 584. The van der Waals surface area contributed by atoms with E-state index in [9.17, 15) is 9.18 Å². The quantitative estimate of drug-likeness (QED) is 0.607. The van der Waals surface area contributed by atoms with Crippen molar-refractivity contribution in [1.82, 2.24) is 4.98 Å². The fraction of sp³-hybridized carbons (Fsp3) is 0. The monoisotopic (exact) mass is 231 g/mol. The maximum Gasteiger partial charge on any atom is 0.198 e. The van der Waals surface area contributed by atoms with E-state index in [2.05, 4.69) is 4.98 Å². The summed E-state index contributed by atoms with van der Waals surface area (Å²) >= 11 is 0. The number of nitrogens with two attached hydrogens (primary N) is 2. The average molecular weight is 231 g/mol. The predicted octanol–water partition coefficient (Wildman–Crippen LogP) is 1.62. The number of nitrogen functional groups attached to an aromatic ring is 2. The number of carbonyl (C=O) groups excluding carboxylic acids is 1. The number of rotatable bonds is 2. The van der Waals surface area contributed by atoms with Gasteiger partial charge in [0.15, 0.2) is 5.78 Å². The Kier molecular flexibility index (Phi) is 2.74. The number of hydrogen-bond acceptors (Lipinski definition) is 4. The summed E-state index contributed by atoms with van der Waals surface area (Å²) < 4.78 is 13.2. The minimum absolute atomic E-state index is 0.0877. The Hall–Kier alpha value is -2.43. The topological polar surface area (TPSA) is 82.0 Å². The van der Waals surface area contributed by atoms with Crippen LogP contribution in [0.5, 0.6) is 0 Å². The van der Waals surface area contributed by atoms with Crippen LogP contribution >= 0.6 is 0 Å². The SMILES string of the molecule is Nc1ccncc1C(=O)c1cccc(F)c1N. The van der Waals surface area contributed by atoms with Crippen LogP contribution in [0.2, 0.25) is 0 Å². The van der Waals surface area contributed by atoms with Crippen molar-refractivity contribution in [2.24, 2.45) is 0 Å². The number of ketones is 1. The number of pyridine rings is 1. The van der Waals surface area contributed by atoms with E-state index in [4.69, 9.17) is 11.5 Å². The summed E-state index contributed by atoms with van der Waals surface area (Å²) in [7, 11) is 0. The van der Waals surface area contributed by atoms with Crippen molar-refractivity contribution in [2.75, 3.05) is 11.5 Å². The summed E-state index contributed by atoms with van der Waals surface area (Å²) in [6.07, 6.45) is 2.81. The number of para-hydroxylation sites is 1. The normalized spacial score (nSPS) is 10.2. The van der Waals surface area contributed by atoms with E-state index >= 15 is 0 Å². The van der Waals surface area contributed by atoms with Crippen LogP contribution in [0.1, 0.15) is 15.9 Å². The van der Waals surface area contributed by atoms with Crippen molar-refractivity contribution in [3.05, 3.63) is 53.6 Å². The van der Waals surface area contributed by atoms with Crippen molar-refractivity contribution in [1.29, 1.82) is 0 Å². The summed E-state index contributed by atoms with van der Waals surface area (Å²) in [5.41, 5.74) is 11.6. The third-order valence-corrected chi connectivity index (χ3v) is 2.40. The lowest BCUT2D eigenvalue weighted by molar-refractivity contribution is 0.103. The van der Waals surface area contributed by atoms with Crippen molar-refractivity contribution in [3.8, 4) is 0 Å². The van der Waals surface area contributed by atoms with Crippen LogP contribution in [0.25, 0.3) is 0 Å². The first kappa shape index (κ1) is 11.1. The lowest BCUT2D eigenvalue weighted by Gasteiger charge is -2.07. The Morgan fingerprint density at radius 2 is 1.94 bits per heavy atom.